The molecule has 1 N–H and O–H groups in total. The van der Waals surface area contributed by atoms with Crippen molar-refractivity contribution >= 4 is 0 Å². The van der Waals surface area contributed by atoms with Crippen molar-refractivity contribution < 1.29 is 5.11 Å². The number of nitrogens with zero attached hydrogens (tertiary/aromatic N) is 1. The van der Waals surface area contributed by atoms with E-state index >= 15 is 0 Å². The lowest BCUT2D eigenvalue weighted by Crippen LogP contribution is -2.51. The summed E-state index contributed by atoms with van der Waals surface area (Å²) < 4.78 is 0. The van der Waals surface area contributed by atoms with Crippen molar-refractivity contribution in [2.75, 3.05) is 7.05 Å². The summed E-state index contributed by atoms with van der Waals surface area (Å²) in [5.41, 5.74) is 0.377. The van der Waals surface area contributed by atoms with Gasteiger partial charge >= 0.3 is 0 Å². The minimum Gasteiger partial charge on any atom is -0.391 e. The van der Waals surface area contributed by atoms with Crippen molar-refractivity contribution in [3.05, 3.63) is 0 Å². The van der Waals surface area contributed by atoms with Gasteiger partial charge in [-0.3, -0.25) is 4.90 Å². The molecule has 2 rings (SSSR count). The monoisotopic (exact) mass is 253 g/mol. The highest BCUT2D eigenvalue weighted by Gasteiger charge is 2.40. The van der Waals surface area contributed by atoms with Crippen LogP contribution in [0, 0.1) is 17.3 Å². The molecule has 2 nitrogen and oxygen atoms in total. The van der Waals surface area contributed by atoms with Crippen LogP contribution in [0.1, 0.15) is 59.8 Å². The van der Waals surface area contributed by atoms with Gasteiger partial charge in [-0.25, -0.2) is 0 Å². The van der Waals surface area contributed by atoms with Crippen molar-refractivity contribution in [3.8, 4) is 0 Å². The summed E-state index contributed by atoms with van der Waals surface area (Å²) in [6.07, 6.45) is 5.99. The molecule has 0 saturated heterocycles. The summed E-state index contributed by atoms with van der Waals surface area (Å²) in [5.74, 6) is 1.64. The normalized spacial score (nSPS) is 35.8. The molecule has 106 valence electrons. The lowest BCUT2D eigenvalue weighted by molar-refractivity contribution is -0.0228. The zero-order chi connectivity index (χ0) is 13.5. The molecule has 0 aromatic rings. The van der Waals surface area contributed by atoms with E-state index in [0.717, 1.165) is 24.7 Å². The van der Waals surface area contributed by atoms with Gasteiger partial charge in [0.15, 0.2) is 0 Å². The van der Waals surface area contributed by atoms with Gasteiger partial charge in [0.2, 0.25) is 0 Å². The van der Waals surface area contributed by atoms with E-state index < -0.39 is 0 Å². The van der Waals surface area contributed by atoms with Gasteiger partial charge in [-0.05, 0) is 63.3 Å². The summed E-state index contributed by atoms with van der Waals surface area (Å²) in [5, 5.41) is 10.3. The van der Waals surface area contributed by atoms with Gasteiger partial charge in [0.05, 0.1) is 6.10 Å². The van der Waals surface area contributed by atoms with Crippen LogP contribution in [-0.2, 0) is 0 Å². The van der Waals surface area contributed by atoms with E-state index in [1.165, 1.54) is 19.3 Å². The third kappa shape index (κ3) is 3.08. The molecule has 0 heterocycles. The van der Waals surface area contributed by atoms with E-state index in [1.807, 2.05) is 0 Å². The minimum atomic E-state index is -0.116. The Kier molecular flexibility index (Phi) is 4.08. The summed E-state index contributed by atoms with van der Waals surface area (Å²) in [6, 6.07) is 1.02. The van der Waals surface area contributed by atoms with Crippen LogP contribution in [0.5, 0.6) is 0 Å². The molecule has 2 saturated carbocycles. The first-order chi connectivity index (χ1) is 8.30. The molecule has 0 amide bonds. The Morgan fingerprint density at radius 2 is 1.72 bits per heavy atom. The summed E-state index contributed by atoms with van der Waals surface area (Å²) in [7, 11) is 2.22. The second-order valence-corrected chi connectivity index (χ2v) is 7.75. The van der Waals surface area contributed by atoms with Crippen LogP contribution in [0.3, 0.4) is 0 Å². The molecule has 0 aromatic heterocycles. The van der Waals surface area contributed by atoms with Gasteiger partial charge in [-0.15, -0.1) is 0 Å². The van der Waals surface area contributed by atoms with Crippen molar-refractivity contribution in [2.24, 2.45) is 17.3 Å². The van der Waals surface area contributed by atoms with Gasteiger partial charge in [0, 0.05) is 12.1 Å². The fourth-order valence-corrected chi connectivity index (χ4v) is 3.57. The Hall–Kier alpha value is -0.0800. The van der Waals surface area contributed by atoms with Crippen LogP contribution in [0.15, 0.2) is 0 Å². The van der Waals surface area contributed by atoms with Crippen molar-refractivity contribution in [1.29, 1.82) is 0 Å². The van der Waals surface area contributed by atoms with Crippen molar-refractivity contribution in [2.45, 2.75) is 78.0 Å². The Labute approximate surface area is 113 Å². The van der Waals surface area contributed by atoms with Crippen LogP contribution in [-0.4, -0.2) is 35.2 Å². The Balaban J connectivity index is 2.00. The maximum absolute atomic E-state index is 10.3. The summed E-state index contributed by atoms with van der Waals surface area (Å²) >= 11 is 0. The van der Waals surface area contributed by atoms with E-state index in [-0.39, 0.29) is 6.10 Å². The second kappa shape index (κ2) is 5.13. The fraction of sp³-hybridized carbons (Fsp3) is 1.00. The average molecular weight is 253 g/mol. The molecule has 4 unspecified atom stereocenters. The molecule has 18 heavy (non-hydrogen) atoms. The lowest BCUT2D eigenvalue weighted by atomic mass is 9.70. The van der Waals surface area contributed by atoms with Gasteiger partial charge in [0.1, 0.15) is 0 Å². The first kappa shape index (κ1) is 14.3. The molecule has 2 heteroatoms. The Bertz CT molecular complexity index is 279. The van der Waals surface area contributed by atoms with Crippen molar-refractivity contribution in [1.82, 2.24) is 4.90 Å². The fourth-order valence-electron chi connectivity index (χ4n) is 3.57. The topological polar surface area (TPSA) is 23.5 Å². The molecular weight excluding hydrogens is 222 g/mol. The lowest BCUT2D eigenvalue weighted by Gasteiger charge is -2.45. The molecule has 0 aromatic carbocycles. The van der Waals surface area contributed by atoms with E-state index in [0.29, 0.717) is 17.5 Å². The molecule has 2 aliphatic rings. The minimum absolute atomic E-state index is 0.116. The highest BCUT2D eigenvalue weighted by molar-refractivity contribution is 4.94. The first-order valence-electron chi connectivity index (χ1n) is 7.70. The predicted octanol–water partition coefficient (Wildman–Crippen LogP) is 3.29. The molecule has 0 bridgehead atoms. The average Bonchev–Trinajstić information content (AvgIpc) is 3.10. The summed E-state index contributed by atoms with van der Waals surface area (Å²) in [4.78, 5) is 2.47. The summed E-state index contributed by atoms with van der Waals surface area (Å²) in [6.45, 7) is 9.37. The van der Waals surface area contributed by atoms with Crippen LogP contribution in [0.25, 0.3) is 0 Å². The van der Waals surface area contributed by atoms with Crippen LogP contribution < -0.4 is 0 Å². The van der Waals surface area contributed by atoms with Crippen LogP contribution in [0.2, 0.25) is 0 Å². The molecule has 0 spiro atoms. The number of aliphatic hydroxyl groups excluding tert-OH is 1. The van der Waals surface area contributed by atoms with Gasteiger partial charge in [-0.2, -0.15) is 0 Å². The molecule has 2 aliphatic carbocycles. The van der Waals surface area contributed by atoms with Crippen molar-refractivity contribution in [3.63, 3.8) is 0 Å². The maximum atomic E-state index is 10.3. The molecule has 0 radical (unpaired) electrons. The Morgan fingerprint density at radius 3 is 2.22 bits per heavy atom. The number of hydrogen-bond acceptors (Lipinski definition) is 2. The van der Waals surface area contributed by atoms with Gasteiger partial charge in [0.25, 0.3) is 0 Å². The van der Waals surface area contributed by atoms with Gasteiger partial charge in [-0.1, -0.05) is 20.8 Å². The third-order valence-corrected chi connectivity index (χ3v) is 5.48. The predicted molar refractivity (Wildman–Crippen MR) is 76.5 cm³/mol. The highest BCUT2D eigenvalue weighted by atomic mass is 16.3. The smallest absolute Gasteiger partial charge is 0.0695 e. The highest BCUT2D eigenvalue weighted by Crippen LogP contribution is 2.41. The molecule has 4 atom stereocenters. The Morgan fingerprint density at radius 1 is 1.11 bits per heavy atom. The SMILES string of the molecule is CC(C1CC1)N(C)C1CC(C(C)(C)C)CCC1O. The standard InChI is InChI=1S/C16H31NO/c1-11(12-6-7-12)17(5)14-10-13(16(2,3)4)8-9-15(14)18/h11-15,18H,6-10H2,1-5H3. The maximum Gasteiger partial charge on any atom is 0.0695 e. The zero-order valence-corrected chi connectivity index (χ0v) is 12.8. The largest absolute Gasteiger partial charge is 0.391 e. The second-order valence-electron chi connectivity index (χ2n) is 7.75. The number of aliphatic hydroxyl groups is 1. The first-order valence-corrected chi connectivity index (χ1v) is 7.70. The molecular formula is C16H31NO. The van der Waals surface area contributed by atoms with Crippen LogP contribution >= 0.6 is 0 Å². The number of hydrogen-bond donors (Lipinski definition) is 1. The quantitative estimate of drug-likeness (QED) is 0.834. The van der Waals surface area contributed by atoms with E-state index in [9.17, 15) is 5.11 Å². The molecule has 2 fully saturated rings. The zero-order valence-electron chi connectivity index (χ0n) is 12.8. The number of likely N-dealkylation sites (N-methyl/N-ethyl adjacent to an activating group) is 1. The van der Waals surface area contributed by atoms with E-state index in [1.54, 1.807) is 0 Å². The van der Waals surface area contributed by atoms with Crippen LogP contribution in [0.4, 0.5) is 0 Å². The number of rotatable bonds is 3. The van der Waals surface area contributed by atoms with E-state index in [4.69, 9.17) is 0 Å². The third-order valence-electron chi connectivity index (χ3n) is 5.48. The van der Waals surface area contributed by atoms with Gasteiger partial charge < -0.3 is 5.11 Å². The molecule has 0 aliphatic heterocycles. The van der Waals surface area contributed by atoms with E-state index in [2.05, 4.69) is 39.6 Å².